The lowest BCUT2D eigenvalue weighted by Gasteiger charge is -2.31. The summed E-state index contributed by atoms with van der Waals surface area (Å²) in [5.74, 6) is 7.82. The summed E-state index contributed by atoms with van der Waals surface area (Å²) < 4.78 is 29.3. The van der Waals surface area contributed by atoms with Gasteiger partial charge in [0.05, 0.1) is 0 Å². The molecule has 0 fully saturated rings. The van der Waals surface area contributed by atoms with E-state index in [1.165, 1.54) is 60.4 Å². The molecule has 0 radical (unpaired) electrons. The molecule has 172 valence electrons. The second-order valence-electron chi connectivity index (χ2n) is 9.01. The van der Waals surface area contributed by atoms with E-state index in [1.807, 2.05) is 0 Å². The van der Waals surface area contributed by atoms with Gasteiger partial charge in [-0.1, -0.05) is 87.3 Å². The highest BCUT2D eigenvalue weighted by atomic mass is 19.3. The fraction of sp³-hybridized carbons (Fsp3) is 0.400. The highest BCUT2D eigenvalue weighted by molar-refractivity contribution is 5.87. The van der Waals surface area contributed by atoms with E-state index in [1.54, 1.807) is 24.3 Å². The Labute approximate surface area is 196 Å². The van der Waals surface area contributed by atoms with Gasteiger partial charge in [0.2, 0.25) is 0 Å². The summed E-state index contributed by atoms with van der Waals surface area (Å²) in [5, 5.41) is 2.63. The topological polar surface area (TPSA) is 9.23 Å². The monoisotopic (exact) mass is 446 g/mol. The molecule has 0 saturated carbocycles. The lowest BCUT2D eigenvalue weighted by Crippen LogP contribution is -2.20. The van der Waals surface area contributed by atoms with Crippen LogP contribution in [0.3, 0.4) is 0 Å². The van der Waals surface area contributed by atoms with Crippen molar-refractivity contribution in [3.8, 4) is 17.6 Å². The summed E-state index contributed by atoms with van der Waals surface area (Å²) in [6.45, 7) is -0.561. The van der Waals surface area contributed by atoms with Crippen LogP contribution in [0.1, 0.15) is 74.5 Å². The molecule has 3 aromatic rings. The number of hydrogen-bond donors (Lipinski definition) is 0. The molecule has 0 amide bonds. The minimum absolute atomic E-state index is 0.162. The standard InChI is InChI=1S/C30H32F2O/c1-2-3-4-5-6-9-24-16-20-28-26-11-8-7-10-23(26)15-21-29(28)27(24)19-14-22-12-17-25(18-13-22)33-30(31)32/h7-8,10-13,15,17-18,21,24,27,30H,2-6,9,16,20H2,1H3/t24-,27+/m1/s1. The Bertz CT molecular complexity index is 1110. The van der Waals surface area contributed by atoms with Crippen molar-refractivity contribution in [1.82, 2.24) is 0 Å². The van der Waals surface area contributed by atoms with Gasteiger partial charge >= 0.3 is 6.61 Å². The van der Waals surface area contributed by atoms with Crippen LogP contribution in [-0.2, 0) is 6.42 Å². The molecule has 33 heavy (non-hydrogen) atoms. The molecule has 1 aliphatic carbocycles. The molecule has 0 N–H and O–H groups in total. The first-order chi connectivity index (χ1) is 16.2. The first-order valence-electron chi connectivity index (χ1n) is 12.2. The molecule has 0 unspecified atom stereocenters. The second kappa shape index (κ2) is 11.3. The molecular weight excluding hydrogens is 414 g/mol. The van der Waals surface area contributed by atoms with Gasteiger partial charge in [0.25, 0.3) is 0 Å². The smallest absolute Gasteiger partial charge is 0.387 e. The van der Waals surface area contributed by atoms with E-state index in [-0.39, 0.29) is 11.7 Å². The van der Waals surface area contributed by atoms with Crippen LogP contribution in [-0.4, -0.2) is 6.61 Å². The van der Waals surface area contributed by atoms with Crippen LogP contribution >= 0.6 is 0 Å². The zero-order valence-corrected chi connectivity index (χ0v) is 19.3. The SMILES string of the molecule is CCCCCCC[C@@H]1CCc2c(ccc3ccccc23)[C@H]1C#Cc1ccc(OC(F)F)cc1. The molecule has 0 spiro atoms. The number of ether oxygens (including phenoxy) is 1. The van der Waals surface area contributed by atoms with E-state index in [9.17, 15) is 8.78 Å². The number of hydrogen-bond acceptors (Lipinski definition) is 1. The maximum atomic E-state index is 12.4. The third kappa shape index (κ3) is 5.93. The van der Waals surface area contributed by atoms with Crippen molar-refractivity contribution in [3.63, 3.8) is 0 Å². The molecule has 0 heterocycles. The third-order valence-corrected chi connectivity index (χ3v) is 6.78. The number of aryl methyl sites for hydroxylation is 1. The van der Waals surface area contributed by atoms with E-state index in [0.29, 0.717) is 5.92 Å². The Morgan fingerprint density at radius 3 is 2.52 bits per heavy atom. The molecule has 1 aliphatic rings. The first kappa shape index (κ1) is 23.3. The molecule has 2 atom stereocenters. The third-order valence-electron chi connectivity index (χ3n) is 6.78. The van der Waals surface area contributed by atoms with E-state index in [0.717, 1.165) is 18.4 Å². The summed E-state index contributed by atoms with van der Waals surface area (Å²) in [4.78, 5) is 0. The molecule has 3 aromatic carbocycles. The average Bonchev–Trinajstić information content (AvgIpc) is 2.83. The quantitative estimate of drug-likeness (QED) is 0.249. The summed E-state index contributed by atoms with van der Waals surface area (Å²) in [7, 11) is 0. The van der Waals surface area contributed by atoms with Gasteiger partial charge in [0.1, 0.15) is 5.75 Å². The fourth-order valence-corrected chi connectivity index (χ4v) is 5.07. The van der Waals surface area contributed by atoms with E-state index >= 15 is 0 Å². The van der Waals surface area contributed by atoms with Gasteiger partial charge in [-0.25, -0.2) is 0 Å². The van der Waals surface area contributed by atoms with Gasteiger partial charge in [-0.3, -0.25) is 0 Å². The fourth-order valence-electron chi connectivity index (χ4n) is 5.07. The summed E-state index contributed by atoms with van der Waals surface area (Å²) in [5.41, 5.74) is 3.63. The lowest BCUT2D eigenvalue weighted by molar-refractivity contribution is -0.0498. The summed E-state index contributed by atoms with van der Waals surface area (Å²) in [6.07, 6.45) is 9.91. The average molecular weight is 447 g/mol. The van der Waals surface area contributed by atoms with Crippen molar-refractivity contribution in [3.05, 3.63) is 77.4 Å². The molecular formula is C30H32F2O. The molecule has 0 aliphatic heterocycles. The van der Waals surface area contributed by atoms with Crippen molar-refractivity contribution in [2.75, 3.05) is 0 Å². The van der Waals surface area contributed by atoms with Gasteiger partial charge in [0.15, 0.2) is 0 Å². The molecule has 0 aromatic heterocycles. The number of rotatable bonds is 8. The Morgan fingerprint density at radius 2 is 1.73 bits per heavy atom. The van der Waals surface area contributed by atoms with Crippen LogP contribution in [0.25, 0.3) is 10.8 Å². The van der Waals surface area contributed by atoms with Crippen LogP contribution in [0.15, 0.2) is 60.7 Å². The van der Waals surface area contributed by atoms with Crippen molar-refractivity contribution in [1.29, 1.82) is 0 Å². The zero-order chi connectivity index (χ0) is 23.0. The van der Waals surface area contributed by atoms with Gasteiger partial charge in [0, 0.05) is 11.5 Å². The second-order valence-corrected chi connectivity index (χ2v) is 9.01. The van der Waals surface area contributed by atoms with Crippen LogP contribution in [0, 0.1) is 17.8 Å². The molecule has 4 rings (SSSR count). The van der Waals surface area contributed by atoms with Crippen LogP contribution in [0.4, 0.5) is 8.78 Å². The van der Waals surface area contributed by atoms with Crippen LogP contribution in [0.5, 0.6) is 5.75 Å². The van der Waals surface area contributed by atoms with Crippen molar-refractivity contribution in [2.24, 2.45) is 5.92 Å². The van der Waals surface area contributed by atoms with Gasteiger partial charge in [-0.2, -0.15) is 8.78 Å². The molecule has 1 nitrogen and oxygen atoms in total. The Kier molecular flexibility index (Phi) is 8.00. The normalized spacial score (nSPS) is 17.5. The Balaban J connectivity index is 1.60. The van der Waals surface area contributed by atoms with Gasteiger partial charge in [-0.05, 0) is 71.3 Å². The summed E-state index contributed by atoms with van der Waals surface area (Å²) >= 11 is 0. The number of alkyl halides is 2. The Morgan fingerprint density at radius 1 is 0.939 bits per heavy atom. The molecule has 0 saturated heterocycles. The minimum atomic E-state index is -2.81. The van der Waals surface area contributed by atoms with Crippen molar-refractivity contribution >= 4 is 10.8 Å². The maximum absolute atomic E-state index is 12.4. The summed E-state index contributed by atoms with van der Waals surface area (Å²) in [6, 6.07) is 19.8. The predicted molar refractivity (Wildman–Crippen MR) is 132 cm³/mol. The minimum Gasteiger partial charge on any atom is -0.435 e. The maximum Gasteiger partial charge on any atom is 0.387 e. The molecule has 3 heteroatoms. The van der Waals surface area contributed by atoms with Crippen molar-refractivity contribution in [2.45, 2.75) is 70.8 Å². The van der Waals surface area contributed by atoms with Crippen LogP contribution in [0.2, 0.25) is 0 Å². The van der Waals surface area contributed by atoms with E-state index < -0.39 is 6.61 Å². The van der Waals surface area contributed by atoms with E-state index in [2.05, 4.69) is 59.9 Å². The van der Waals surface area contributed by atoms with Gasteiger partial charge < -0.3 is 4.74 Å². The van der Waals surface area contributed by atoms with Gasteiger partial charge in [-0.15, -0.1) is 0 Å². The van der Waals surface area contributed by atoms with Crippen LogP contribution < -0.4 is 4.74 Å². The van der Waals surface area contributed by atoms with Crippen molar-refractivity contribution < 1.29 is 13.5 Å². The lowest BCUT2D eigenvalue weighted by atomic mass is 9.72. The van der Waals surface area contributed by atoms with E-state index in [4.69, 9.17) is 0 Å². The molecule has 0 bridgehead atoms. The number of halogens is 2. The largest absolute Gasteiger partial charge is 0.435 e. The number of benzene rings is 3. The number of fused-ring (bicyclic) bond motifs is 3. The highest BCUT2D eigenvalue weighted by Gasteiger charge is 2.29. The Hall–Kier alpha value is -2.86. The first-order valence-corrected chi connectivity index (χ1v) is 12.2. The zero-order valence-electron chi connectivity index (χ0n) is 19.3. The predicted octanol–water partition coefficient (Wildman–Crippen LogP) is 8.50. The highest BCUT2D eigenvalue weighted by Crippen LogP contribution is 2.41. The number of unbranched alkanes of at least 4 members (excludes halogenated alkanes) is 4.